The average Bonchev–Trinajstić information content (AvgIpc) is 3.09. The highest BCUT2D eigenvalue weighted by molar-refractivity contribution is 7.80. The van der Waals surface area contributed by atoms with Crippen molar-refractivity contribution in [3.8, 4) is 17.2 Å². The van der Waals surface area contributed by atoms with Crippen LogP contribution < -0.4 is 19.1 Å². The van der Waals surface area contributed by atoms with Crippen LogP contribution in [-0.4, -0.2) is 36.2 Å². The second-order valence-electron chi connectivity index (χ2n) is 8.11. The van der Waals surface area contributed by atoms with Gasteiger partial charge in [0.1, 0.15) is 18.1 Å². The smallest absolute Gasteiger partial charge is 0.281 e. The molecule has 192 valence electrons. The molecule has 1 aliphatic rings. The maximum absolute atomic E-state index is 13.4. The van der Waals surface area contributed by atoms with Crippen molar-refractivity contribution in [1.29, 1.82) is 0 Å². The van der Waals surface area contributed by atoms with Gasteiger partial charge in [0.05, 0.1) is 28.9 Å². The van der Waals surface area contributed by atoms with Crippen LogP contribution in [0, 0.1) is 0 Å². The molecule has 3 aromatic carbocycles. The number of hydrogen-bond acceptors (Lipinski definition) is 5. The number of halogens is 2. The van der Waals surface area contributed by atoms with E-state index >= 15 is 0 Å². The van der Waals surface area contributed by atoms with Crippen LogP contribution in [-0.2, 0) is 11.4 Å². The molecule has 9 heteroatoms. The lowest BCUT2D eigenvalue weighted by Gasteiger charge is -2.16. The van der Waals surface area contributed by atoms with Crippen molar-refractivity contribution in [3.05, 3.63) is 87.5 Å². The Morgan fingerprint density at radius 1 is 0.865 bits per heavy atom. The SMILES string of the molecule is CCOc1ccc(N2C(=O)/C(=C/c3ccc(OCc4ccc(Cl)c(Cl)c4)c(OCC)c3)N(C)C2=S)cc1. The predicted octanol–water partition coefficient (Wildman–Crippen LogP) is 6.97. The molecule has 1 saturated heterocycles. The standard InChI is InChI=1S/C28H26Cl2N2O4S/c1-4-34-21-10-8-20(9-11-21)32-27(33)24(31(3)28(32)37)15-18-7-13-25(26(16-18)35-5-2)36-17-19-6-12-22(29)23(30)14-19/h6-16H,4-5,17H2,1-3H3/b24-15-. The first-order valence-electron chi connectivity index (χ1n) is 11.7. The molecule has 1 fully saturated rings. The first kappa shape index (κ1) is 26.8. The Bertz CT molecular complexity index is 1340. The van der Waals surface area contributed by atoms with E-state index in [1.807, 2.05) is 62.4 Å². The van der Waals surface area contributed by atoms with Gasteiger partial charge in [0.25, 0.3) is 5.91 Å². The zero-order valence-electron chi connectivity index (χ0n) is 20.7. The number of rotatable bonds is 9. The molecular weight excluding hydrogens is 531 g/mol. The second kappa shape index (κ2) is 11.9. The Morgan fingerprint density at radius 3 is 2.27 bits per heavy atom. The zero-order valence-corrected chi connectivity index (χ0v) is 23.0. The Morgan fingerprint density at radius 2 is 1.59 bits per heavy atom. The molecule has 1 aliphatic heterocycles. The summed E-state index contributed by atoms with van der Waals surface area (Å²) in [5.41, 5.74) is 2.78. The lowest BCUT2D eigenvalue weighted by atomic mass is 10.1. The molecule has 0 aliphatic carbocycles. The minimum absolute atomic E-state index is 0.213. The van der Waals surface area contributed by atoms with Crippen LogP contribution in [0.1, 0.15) is 25.0 Å². The van der Waals surface area contributed by atoms with Crippen molar-refractivity contribution in [2.24, 2.45) is 0 Å². The molecule has 3 aromatic rings. The molecule has 1 heterocycles. The molecule has 0 radical (unpaired) electrons. The Kier molecular flexibility index (Phi) is 8.59. The third kappa shape index (κ3) is 6.01. The summed E-state index contributed by atoms with van der Waals surface area (Å²) < 4.78 is 17.3. The number of benzene rings is 3. The van der Waals surface area contributed by atoms with Gasteiger partial charge < -0.3 is 19.1 Å². The monoisotopic (exact) mass is 556 g/mol. The Labute approximate surface area is 231 Å². The number of amides is 1. The molecular formula is C28H26Cl2N2O4S. The lowest BCUT2D eigenvalue weighted by molar-refractivity contribution is -0.114. The van der Waals surface area contributed by atoms with E-state index in [-0.39, 0.29) is 5.91 Å². The summed E-state index contributed by atoms with van der Waals surface area (Å²) in [7, 11) is 1.78. The molecule has 0 N–H and O–H groups in total. The number of ether oxygens (including phenoxy) is 3. The van der Waals surface area contributed by atoms with Crippen LogP contribution in [0.4, 0.5) is 5.69 Å². The number of likely N-dealkylation sites (N-methyl/N-ethyl adjacent to an activating group) is 1. The van der Waals surface area contributed by atoms with Gasteiger partial charge in [0.2, 0.25) is 0 Å². The summed E-state index contributed by atoms with van der Waals surface area (Å²) >= 11 is 17.7. The van der Waals surface area contributed by atoms with Gasteiger partial charge in [-0.05, 0) is 91.8 Å². The Hall–Kier alpha value is -3.26. The van der Waals surface area contributed by atoms with Gasteiger partial charge in [0.15, 0.2) is 16.6 Å². The minimum atomic E-state index is -0.213. The van der Waals surface area contributed by atoms with Crippen molar-refractivity contribution in [1.82, 2.24) is 4.90 Å². The van der Waals surface area contributed by atoms with Crippen LogP contribution in [0.2, 0.25) is 10.0 Å². The molecule has 0 aromatic heterocycles. The highest BCUT2D eigenvalue weighted by Gasteiger charge is 2.36. The number of thiocarbonyl (C=S) groups is 1. The summed E-state index contributed by atoms with van der Waals surface area (Å²) in [5, 5.41) is 1.36. The summed E-state index contributed by atoms with van der Waals surface area (Å²) in [6.45, 7) is 5.14. The molecule has 0 bridgehead atoms. The fraction of sp³-hybridized carbons (Fsp3) is 0.214. The maximum atomic E-state index is 13.4. The van der Waals surface area contributed by atoms with Crippen molar-refractivity contribution in [2.45, 2.75) is 20.5 Å². The Balaban J connectivity index is 1.56. The topological polar surface area (TPSA) is 51.2 Å². The van der Waals surface area contributed by atoms with Gasteiger partial charge in [-0.15, -0.1) is 0 Å². The van der Waals surface area contributed by atoms with Crippen LogP contribution >= 0.6 is 35.4 Å². The van der Waals surface area contributed by atoms with Crippen LogP contribution in [0.15, 0.2) is 66.4 Å². The normalized spacial score (nSPS) is 14.5. The highest BCUT2D eigenvalue weighted by atomic mass is 35.5. The highest BCUT2D eigenvalue weighted by Crippen LogP contribution is 2.33. The van der Waals surface area contributed by atoms with Crippen molar-refractivity contribution in [2.75, 3.05) is 25.2 Å². The fourth-order valence-corrected chi connectivity index (χ4v) is 4.40. The summed E-state index contributed by atoms with van der Waals surface area (Å²) in [6.07, 6.45) is 1.79. The number of hydrogen-bond donors (Lipinski definition) is 0. The maximum Gasteiger partial charge on any atom is 0.281 e. The molecule has 1 amide bonds. The van der Waals surface area contributed by atoms with Gasteiger partial charge in [-0.1, -0.05) is 35.3 Å². The number of anilines is 1. The third-order valence-corrected chi connectivity index (χ3v) is 6.81. The van der Waals surface area contributed by atoms with Gasteiger partial charge in [-0.2, -0.15) is 0 Å². The van der Waals surface area contributed by atoms with Gasteiger partial charge in [-0.3, -0.25) is 9.69 Å². The quantitative estimate of drug-likeness (QED) is 0.209. The van der Waals surface area contributed by atoms with Crippen LogP contribution in [0.3, 0.4) is 0 Å². The average molecular weight is 557 g/mol. The van der Waals surface area contributed by atoms with Crippen LogP contribution in [0.5, 0.6) is 17.2 Å². The van der Waals surface area contributed by atoms with Crippen molar-refractivity contribution >= 4 is 58.2 Å². The first-order valence-corrected chi connectivity index (χ1v) is 12.9. The number of nitrogens with zero attached hydrogens (tertiary/aromatic N) is 2. The van der Waals surface area contributed by atoms with E-state index in [9.17, 15) is 4.79 Å². The molecule has 6 nitrogen and oxygen atoms in total. The number of carbonyl (C=O) groups excluding carboxylic acids is 1. The molecule has 4 rings (SSSR count). The molecule has 0 atom stereocenters. The van der Waals surface area contributed by atoms with Crippen molar-refractivity contribution < 1.29 is 19.0 Å². The third-order valence-electron chi connectivity index (χ3n) is 5.62. The summed E-state index contributed by atoms with van der Waals surface area (Å²) in [6, 6.07) is 18.2. The van der Waals surface area contributed by atoms with Crippen molar-refractivity contribution in [3.63, 3.8) is 0 Å². The summed E-state index contributed by atoms with van der Waals surface area (Å²) in [5.74, 6) is 1.66. The van der Waals surface area contributed by atoms with E-state index in [1.54, 1.807) is 30.2 Å². The predicted molar refractivity (Wildman–Crippen MR) is 152 cm³/mol. The van der Waals surface area contributed by atoms with Gasteiger partial charge >= 0.3 is 0 Å². The van der Waals surface area contributed by atoms with Gasteiger partial charge in [0, 0.05) is 7.05 Å². The fourth-order valence-electron chi connectivity index (χ4n) is 3.79. The minimum Gasteiger partial charge on any atom is -0.494 e. The second-order valence-corrected chi connectivity index (χ2v) is 9.29. The largest absolute Gasteiger partial charge is 0.494 e. The molecule has 0 unspecified atom stereocenters. The summed E-state index contributed by atoms with van der Waals surface area (Å²) in [4.78, 5) is 16.6. The van der Waals surface area contributed by atoms with E-state index < -0.39 is 0 Å². The molecule has 0 saturated carbocycles. The van der Waals surface area contributed by atoms with E-state index in [0.29, 0.717) is 57.9 Å². The molecule has 0 spiro atoms. The van der Waals surface area contributed by atoms with Gasteiger partial charge in [-0.25, -0.2) is 0 Å². The molecule has 37 heavy (non-hydrogen) atoms. The first-order chi connectivity index (χ1) is 17.8. The number of carbonyl (C=O) groups is 1. The lowest BCUT2D eigenvalue weighted by Crippen LogP contribution is -2.31. The van der Waals surface area contributed by atoms with E-state index in [2.05, 4.69) is 0 Å². The van der Waals surface area contributed by atoms with E-state index in [4.69, 9.17) is 49.6 Å². The zero-order chi connectivity index (χ0) is 26.5. The van der Waals surface area contributed by atoms with E-state index in [0.717, 1.165) is 16.9 Å². The van der Waals surface area contributed by atoms with Crippen LogP contribution in [0.25, 0.3) is 6.08 Å². The van der Waals surface area contributed by atoms with E-state index in [1.165, 1.54) is 4.90 Å².